The van der Waals surface area contributed by atoms with Gasteiger partial charge in [-0.25, -0.2) is 0 Å². The van der Waals surface area contributed by atoms with E-state index in [0.29, 0.717) is 0 Å². The number of nitro groups is 1. The van der Waals surface area contributed by atoms with Gasteiger partial charge in [-0.1, -0.05) is 12.1 Å². The zero-order valence-electron chi connectivity index (χ0n) is 13.0. The lowest BCUT2D eigenvalue weighted by molar-refractivity contribution is -0.384. The van der Waals surface area contributed by atoms with E-state index in [2.05, 4.69) is 24.1 Å². The normalized spacial score (nSPS) is 18.0. The summed E-state index contributed by atoms with van der Waals surface area (Å²) in [5, 5.41) is 19.6. The molecule has 0 fully saturated rings. The minimum Gasteiger partial charge on any atom is -0.258 e. The van der Waals surface area contributed by atoms with Gasteiger partial charge >= 0.3 is 0 Å². The second kappa shape index (κ2) is 5.24. The first-order chi connectivity index (χ1) is 9.79. The highest BCUT2D eigenvalue weighted by Gasteiger charge is 2.36. The number of benzene rings is 1. The molecule has 2 rings (SSSR count). The van der Waals surface area contributed by atoms with Gasteiger partial charge in [0.1, 0.15) is 5.54 Å². The summed E-state index contributed by atoms with van der Waals surface area (Å²) in [4.78, 5) is 10.6. The molecule has 0 saturated carbocycles. The average Bonchev–Trinajstić information content (AvgIpc) is 2.62. The topological polar surface area (TPSA) is 67.9 Å². The van der Waals surface area contributed by atoms with Crippen LogP contribution in [0.15, 0.2) is 56.8 Å². The molecule has 0 saturated heterocycles. The third-order valence-corrected chi connectivity index (χ3v) is 4.58. The Morgan fingerprint density at radius 2 is 1.57 bits per heavy atom. The Morgan fingerprint density at radius 1 is 1.05 bits per heavy atom. The molecule has 21 heavy (non-hydrogen) atoms. The van der Waals surface area contributed by atoms with Gasteiger partial charge in [0.05, 0.1) is 4.92 Å². The smallest absolute Gasteiger partial charge is 0.258 e. The number of hydrogen-bond donors (Lipinski definition) is 0. The highest BCUT2D eigenvalue weighted by molar-refractivity contribution is 5.57. The Kier molecular flexibility index (Phi) is 3.77. The summed E-state index contributed by atoms with van der Waals surface area (Å²) in [6.45, 7) is 10.2. The van der Waals surface area contributed by atoms with Crippen LogP contribution in [0.25, 0.3) is 0 Å². The number of para-hydroxylation sites is 1. The van der Waals surface area contributed by atoms with Crippen LogP contribution in [0.1, 0.15) is 34.6 Å². The van der Waals surface area contributed by atoms with Gasteiger partial charge in [0.25, 0.3) is 5.69 Å². The number of hydrogen-bond acceptors (Lipinski definition) is 4. The molecule has 0 unspecified atom stereocenters. The number of nitrogens with zero attached hydrogens (tertiary/aromatic N) is 3. The molecule has 0 radical (unpaired) electrons. The number of azo groups is 1. The van der Waals surface area contributed by atoms with Gasteiger partial charge < -0.3 is 0 Å². The largest absolute Gasteiger partial charge is 0.296 e. The van der Waals surface area contributed by atoms with E-state index >= 15 is 0 Å². The van der Waals surface area contributed by atoms with Crippen LogP contribution in [0.5, 0.6) is 0 Å². The van der Waals surface area contributed by atoms with Gasteiger partial charge in [0.2, 0.25) is 0 Å². The molecule has 0 amide bonds. The van der Waals surface area contributed by atoms with Gasteiger partial charge in [-0.3, -0.25) is 10.1 Å². The molecule has 0 aromatic heterocycles. The molecule has 110 valence electrons. The van der Waals surface area contributed by atoms with E-state index in [1.54, 1.807) is 18.2 Å². The van der Waals surface area contributed by atoms with E-state index in [4.69, 9.17) is 0 Å². The first kappa shape index (κ1) is 15.1. The fraction of sp³-hybridized carbons (Fsp3) is 0.375. The van der Waals surface area contributed by atoms with E-state index < -0.39 is 10.5 Å². The number of nitro benzene ring substituents is 1. The fourth-order valence-electron chi connectivity index (χ4n) is 2.58. The van der Waals surface area contributed by atoms with Gasteiger partial charge in [-0.2, -0.15) is 5.11 Å². The molecule has 0 atom stereocenters. The predicted octanol–water partition coefficient (Wildman–Crippen LogP) is 5.12. The van der Waals surface area contributed by atoms with Gasteiger partial charge in [0, 0.05) is 6.07 Å². The van der Waals surface area contributed by atoms with E-state index in [1.807, 2.05) is 20.8 Å². The zero-order valence-corrected chi connectivity index (χ0v) is 13.0. The second-order valence-electron chi connectivity index (χ2n) is 5.52. The molecule has 0 N–H and O–H groups in total. The lowest BCUT2D eigenvalue weighted by Gasteiger charge is -2.22. The molecule has 0 heterocycles. The van der Waals surface area contributed by atoms with Crippen molar-refractivity contribution in [3.63, 3.8) is 0 Å². The summed E-state index contributed by atoms with van der Waals surface area (Å²) in [5.74, 6) is 0. The Hall–Kier alpha value is -2.30. The quantitative estimate of drug-likeness (QED) is 0.439. The lowest BCUT2D eigenvalue weighted by atomic mass is 9.90. The molecule has 1 aliphatic rings. The minimum absolute atomic E-state index is 0.0282. The van der Waals surface area contributed by atoms with Crippen LogP contribution in [0, 0.1) is 10.1 Å². The van der Waals surface area contributed by atoms with Crippen molar-refractivity contribution in [3.05, 3.63) is 56.7 Å². The van der Waals surface area contributed by atoms with E-state index in [-0.39, 0.29) is 11.4 Å². The predicted molar refractivity (Wildman–Crippen MR) is 82.8 cm³/mol. The maximum Gasteiger partial charge on any atom is 0.296 e. The number of allylic oxidation sites excluding steroid dienone is 2. The van der Waals surface area contributed by atoms with E-state index in [0.717, 1.165) is 11.1 Å². The third-order valence-electron chi connectivity index (χ3n) is 4.58. The van der Waals surface area contributed by atoms with E-state index in [1.165, 1.54) is 17.2 Å². The molecule has 5 heteroatoms. The Bertz CT molecular complexity index is 675. The minimum atomic E-state index is -0.516. The maximum absolute atomic E-state index is 11.0. The van der Waals surface area contributed by atoms with Crippen LogP contribution >= 0.6 is 0 Å². The van der Waals surface area contributed by atoms with Gasteiger partial charge in [-0.15, -0.1) is 5.11 Å². The second-order valence-corrected chi connectivity index (χ2v) is 5.52. The molecule has 1 aliphatic carbocycles. The molecule has 1 aromatic rings. The molecule has 0 aliphatic heterocycles. The molecular formula is C16H19N3O2. The van der Waals surface area contributed by atoms with Crippen molar-refractivity contribution < 1.29 is 4.92 Å². The summed E-state index contributed by atoms with van der Waals surface area (Å²) in [6, 6.07) is 6.39. The summed E-state index contributed by atoms with van der Waals surface area (Å²) in [5.41, 5.74) is 4.46. The van der Waals surface area contributed by atoms with Crippen molar-refractivity contribution in [1.29, 1.82) is 0 Å². The molecule has 0 spiro atoms. The standard InChI is InChI=1S/C16H19N3O2/c1-10-11(2)13(4)16(5,12(10)3)18-17-14-8-6-7-9-15(14)19(20)21/h6-9H,1-5H3. The van der Waals surface area contributed by atoms with Crippen LogP contribution in [0.4, 0.5) is 11.4 Å². The van der Waals surface area contributed by atoms with Gasteiger partial charge in [-0.05, 0) is 63.0 Å². The summed E-state index contributed by atoms with van der Waals surface area (Å²) in [6.07, 6.45) is 0. The molecular weight excluding hydrogens is 266 g/mol. The molecule has 5 nitrogen and oxygen atoms in total. The third kappa shape index (κ3) is 2.39. The Labute approximate surface area is 124 Å². The Morgan fingerprint density at radius 3 is 2.10 bits per heavy atom. The average molecular weight is 285 g/mol. The van der Waals surface area contributed by atoms with E-state index in [9.17, 15) is 10.1 Å². The Balaban J connectivity index is 2.46. The zero-order chi connectivity index (χ0) is 15.8. The van der Waals surface area contributed by atoms with Crippen LogP contribution in [-0.4, -0.2) is 10.5 Å². The first-order valence-corrected chi connectivity index (χ1v) is 6.81. The van der Waals surface area contributed by atoms with Crippen molar-refractivity contribution >= 4 is 11.4 Å². The lowest BCUT2D eigenvalue weighted by Crippen LogP contribution is -2.22. The van der Waals surface area contributed by atoms with Crippen LogP contribution in [-0.2, 0) is 0 Å². The van der Waals surface area contributed by atoms with Crippen LogP contribution < -0.4 is 0 Å². The van der Waals surface area contributed by atoms with Crippen molar-refractivity contribution in [2.45, 2.75) is 40.2 Å². The molecule has 1 aromatic carbocycles. The monoisotopic (exact) mass is 285 g/mol. The highest BCUT2D eigenvalue weighted by atomic mass is 16.6. The summed E-state index contributed by atoms with van der Waals surface area (Å²) < 4.78 is 0. The summed E-state index contributed by atoms with van der Waals surface area (Å²) in [7, 11) is 0. The van der Waals surface area contributed by atoms with Crippen molar-refractivity contribution in [1.82, 2.24) is 0 Å². The SMILES string of the molecule is CC1=C(C)C(C)(N=Nc2ccccc2[N+](=O)[O-])C(C)=C1C. The number of rotatable bonds is 3. The summed E-state index contributed by atoms with van der Waals surface area (Å²) >= 11 is 0. The first-order valence-electron chi connectivity index (χ1n) is 6.81. The van der Waals surface area contributed by atoms with Crippen molar-refractivity contribution in [2.24, 2.45) is 10.2 Å². The van der Waals surface area contributed by atoms with Crippen molar-refractivity contribution in [2.75, 3.05) is 0 Å². The highest BCUT2D eigenvalue weighted by Crippen LogP contribution is 2.43. The van der Waals surface area contributed by atoms with Crippen LogP contribution in [0.3, 0.4) is 0 Å². The van der Waals surface area contributed by atoms with Crippen LogP contribution in [0.2, 0.25) is 0 Å². The molecule has 0 bridgehead atoms. The van der Waals surface area contributed by atoms with Gasteiger partial charge in [0.15, 0.2) is 5.69 Å². The van der Waals surface area contributed by atoms with Crippen molar-refractivity contribution in [3.8, 4) is 0 Å². The maximum atomic E-state index is 11.0. The fourth-order valence-corrected chi connectivity index (χ4v) is 2.58.